The van der Waals surface area contributed by atoms with Gasteiger partial charge in [0.2, 0.25) is 5.91 Å². The third-order valence-corrected chi connectivity index (χ3v) is 2.08. The lowest BCUT2D eigenvalue weighted by Gasteiger charge is -2.27. The molecule has 2 rings (SSSR count). The van der Waals surface area contributed by atoms with Crippen molar-refractivity contribution in [3.05, 3.63) is 29.8 Å². The first-order valence-corrected chi connectivity index (χ1v) is 4.44. The van der Waals surface area contributed by atoms with Gasteiger partial charge in [-0.05, 0) is 17.7 Å². The van der Waals surface area contributed by atoms with E-state index in [4.69, 9.17) is 9.84 Å². The monoisotopic (exact) mass is 193 g/mol. The molecule has 1 fully saturated rings. The molecule has 0 bridgehead atoms. The van der Waals surface area contributed by atoms with Crippen molar-refractivity contribution >= 4 is 5.91 Å². The number of rotatable bonds is 3. The van der Waals surface area contributed by atoms with Crippen LogP contribution >= 0.6 is 0 Å². The summed E-state index contributed by atoms with van der Waals surface area (Å²) in [7, 11) is 0. The van der Waals surface area contributed by atoms with Crippen LogP contribution in [0.2, 0.25) is 0 Å². The lowest BCUT2D eigenvalue weighted by atomic mass is 10.2. The van der Waals surface area contributed by atoms with E-state index in [2.05, 4.69) is 5.32 Å². The molecule has 1 aromatic rings. The Morgan fingerprint density at radius 3 is 2.57 bits per heavy atom. The predicted octanol–water partition coefficient (Wildman–Crippen LogP) is 0.404. The Labute approximate surface area is 81.5 Å². The Morgan fingerprint density at radius 1 is 1.43 bits per heavy atom. The summed E-state index contributed by atoms with van der Waals surface area (Å²) in [5, 5.41) is 11.4. The van der Waals surface area contributed by atoms with E-state index >= 15 is 0 Å². The Morgan fingerprint density at radius 2 is 2.07 bits per heavy atom. The maximum Gasteiger partial charge on any atom is 0.228 e. The summed E-state index contributed by atoms with van der Waals surface area (Å²) >= 11 is 0. The summed E-state index contributed by atoms with van der Waals surface area (Å²) in [4.78, 5) is 10.6. The van der Waals surface area contributed by atoms with Gasteiger partial charge in [0.05, 0.1) is 13.0 Å². The number of carbonyl (C=O) groups is 1. The molecule has 4 nitrogen and oxygen atoms in total. The van der Waals surface area contributed by atoms with E-state index < -0.39 is 0 Å². The van der Waals surface area contributed by atoms with Gasteiger partial charge >= 0.3 is 0 Å². The molecule has 1 unspecified atom stereocenters. The fourth-order valence-electron chi connectivity index (χ4n) is 1.24. The summed E-state index contributed by atoms with van der Waals surface area (Å²) in [5.41, 5.74) is 0.843. The van der Waals surface area contributed by atoms with Crippen LogP contribution in [-0.2, 0) is 11.4 Å². The lowest BCUT2D eigenvalue weighted by molar-refractivity contribution is -0.134. The lowest BCUT2D eigenvalue weighted by Crippen LogP contribution is -2.51. The van der Waals surface area contributed by atoms with Gasteiger partial charge in [0.15, 0.2) is 6.23 Å². The number of hydrogen-bond donors (Lipinski definition) is 2. The highest BCUT2D eigenvalue weighted by molar-refractivity contribution is 5.82. The topological polar surface area (TPSA) is 58.6 Å². The van der Waals surface area contributed by atoms with Crippen molar-refractivity contribution in [2.24, 2.45) is 0 Å². The average molecular weight is 193 g/mol. The SMILES string of the molecule is O=C1CC(Oc2ccc(CO)cc2)N1. The molecule has 74 valence electrons. The van der Waals surface area contributed by atoms with Crippen LogP contribution in [0, 0.1) is 0 Å². The number of hydrogen-bond acceptors (Lipinski definition) is 3. The van der Waals surface area contributed by atoms with E-state index in [1.165, 1.54) is 0 Å². The van der Waals surface area contributed by atoms with Crippen molar-refractivity contribution in [2.75, 3.05) is 0 Å². The molecule has 1 atom stereocenters. The minimum atomic E-state index is -0.192. The molecule has 14 heavy (non-hydrogen) atoms. The Kier molecular flexibility index (Phi) is 2.37. The number of β-lactam (4-membered cyclic amide) rings is 1. The van der Waals surface area contributed by atoms with Crippen molar-refractivity contribution < 1.29 is 14.6 Å². The molecular formula is C10H11NO3. The summed E-state index contributed by atoms with van der Waals surface area (Å²) in [5.74, 6) is 0.717. The molecule has 4 heteroatoms. The molecule has 0 saturated carbocycles. The number of amides is 1. The van der Waals surface area contributed by atoms with E-state index in [-0.39, 0.29) is 18.7 Å². The Hall–Kier alpha value is -1.55. The normalized spacial score (nSPS) is 19.8. The van der Waals surface area contributed by atoms with Crippen LogP contribution in [0.15, 0.2) is 24.3 Å². The van der Waals surface area contributed by atoms with Crippen LogP contribution in [0.5, 0.6) is 5.75 Å². The average Bonchev–Trinajstić information content (AvgIpc) is 2.17. The van der Waals surface area contributed by atoms with Crippen molar-refractivity contribution in [1.82, 2.24) is 5.32 Å². The van der Waals surface area contributed by atoms with Gasteiger partial charge in [-0.3, -0.25) is 4.79 Å². The van der Waals surface area contributed by atoms with Crippen LogP contribution < -0.4 is 10.1 Å². The number of aliphatic hydroxyl groups excluding tert-OH is 1. The van der Waals surface area contributed by atoms with E-state index in [0.717, 1.165) is 5.56 Å². The molecule has 1 aliphatic rings. The van der Waals surface area contributed by atoms with Crippen molar-refractivity contribution in [2.45, 2.75) is 19.3 Å². The molecule has 0 aromatic heterocycles. The smallest absolute Gasteiger partial charge is 0.228 e. The molecule has 2 N–H and O–H groups in total. The van der Waals surface area contributed by atoms with E-state index in [1.54, 1.807) is 24.3 Å². The molecule has 1 aromatic carbocycles. The Bertz CT molecular complexity index is 326. The van der Waals surface area contributed by atoms with Crippen LogP contribution in [0.3, 0.4) is 0 Å². The minimum absolute atomic E-state index is 0.0157. The van der Waals surface area contributed by atoms with Gasteiger partial charge in [-0.25, -0.2) is 0 Å². The maximum absolute atomic E-state index is 10.6. The van der Waals surface area contributed by atoms with Crippen molar-refractivity contribution in [1.29, 1.82) is 0 Å². The van der Waals surface area contributed by atoms with Crippen LogP contribution in [0.1, 0.15) is 12.0 Å². The van der Waals surface area contributed by atoms with Gasteiger partial charge in [0.25, 0.3) is 0 Å². The van der Waals surface area contributed by atoms with Gasteiger partial charge in [0, 0.05) is 0 Å². The number of benzene rings is 1. The van der Waals surface area contributed by atoms with E-state index in [1.807, 2.05) is 0 Å². The standard InChI is InChI=1S/C10H11NO3/c12-6-7-1-3-8(4-2-7)14-10-5-9(13)11-10/h1-4,10,12H,5-6H2,(H,11,13). The summed E-state index contributed by atoms with van der Waals surface area (Å²) in [6, 6.07) is 7.12. The highest BCUT2D eigenvalue weighted by Gasteiger charge is 2.26. The molecule has 1 amide bonds. The summed E-state index contributed by atoms with van der Waals surface area (Å²) < 4.78 is 5.41. The number of ether oxygens (including phenoxy) is 1. The van der Waals surface area contributed by atoms with E-state index in [9.17, 15) is 4.79 Å². The fraction of sp³-hybridized carbons (Fsp3) is 0.300. The predicted molar refractivity (Wildman–Crippen MR) is 49.5 cm³/mol. The number of aliphatic hydroxyl groups is 1. The first kappa shape index (κ1) is 9.02. The highest BCUT2D eigenvalue weighted by atomic mass is 16.5. The zero-order valence-corrected chi connectivity index (χ0v) is 7.56. The third-order valence-electron chi connectivity index (χ3n) is 2.08. The number of carbonyl (C=O) groups excluding carboxylic acids is 1. The molecule has 1 saturated heterocycles. The molecule has 0 radical (unpaired) electrons. The Balaban J connectivity index is 1.93. The highest BCUT2D eigenvalue weighted by Crippen LogP contribution is 2.16. The van der Waals surface area contributed by atoms with Crippen molar-refractivity contribution in [3.8, 4) is 5.75 Å². The zero-order chi connectivity index (χ0) is 9.97. The van der Waals surface area contributed by atoms with Gasteiger partial charge in [-0.1, -0.05) is 12.1 Å². The van der Waals surface area contributed by atoms with E-state index in [0.29, 0.717) is 12.2 Å². The van der Waals surface area contributed by atoms with Gasteiger partial charge < -0.3 is 15.2 Å². The molecule has 1 heterocycles. The van der Waals surface area contributed by atoms with Crippen molar-refractivity contribution in [3.63, 3.8) is 0 Å². The zero-order valence-electron chi connectivity index (χ0n) is 7.56. The second kappa shape index (κ2) is 3.67. The summed E-state index contributed by atoms with van der Waals surface area (Å²) in [6.45, 7) is 0.0282. The maximum atomic E-state index is 10.6. The quantitative estimate of drug-likeness (QED) is 0.683. The van der Waals surface area contributed by atoms with Gasteiger partial charge in [-0.2, -0.15) is 0 Å². The number of nitrogens with one attached hydrogen (secondary N) is 1. The molecular weight excluding hydrogens is 182 g/mol. The molecule has 1 aliphatic heterocycles. The molecule has 0 spiro atoms. The minimum Gasteiger partial charge on any atom is -0.470 e. The van der Waals surface area contributed by atoms with Gasteiger partial charge in [-0.15, -0.1) is 0 Å². The molecule has 0 aliphatic carbocycles. The second-order valence-corrected chi connectivity index (χ2v) is 3.18. The fourth-order valence-corrected chi connectivity index (χ4v) is 1.24. The van der Waals surface area contributed by atoms with Crippen LogP contribution in [-0.4, -0.2) is 17.2 Å². The second-order valence-electron chi connectivity index (χ2n) is 3.18. The largest absolute Gasteiger partial charge is 0.470 e. The first-order chi connectivity index (χ1) is 6.78. The van der Waals surface area contributed by atoms with Crippen LogP contribution in [0.25, 0.3) is 0 Å². The first-order valence-electron chi connectivity index (χ1n) is 4.44. The van der Waals surface area contributed by atoms with Crippen LogP contribution in [0.4, 0.5) is 0 Å². The van der Waals surface area contributed by atoms with Gasteiger partial charge in [0.1, 0.15) is 5.75 Å². The summed E-state index contributed by atoms with van der Waals surface area (Å²) in [6.07, 6.45) is 0.226. The third kappa shape index (κ3) is 1.85.